The molecule has 0 N–H and O–H groups in total. The molecule has 0 saturated heterocycles. The van der Waals surface area contributed by atoms with Gasteiger partial charge in [-0.25, -0.2) is 9.18 Å². The number of nitrogens with zero attached hydrogens (tertiary/aromatic N) is 2. The Morgan fingerprint density at radius 3 is 2.30 bits per heavy atom. The van der Waals surface area contributed by atoms with E-state index in [0.717, 1.165) is 12.1 Å². The van der Waals surface area contributed by atoms with E-state index in [0.29, 0.717) is 12.6 Å². The Bertz CT molecular complexity index is 670. The highest BCUT2D eigenvalue weighted by Crippen LogP contribution is 2.30. The van der Waals surface area contributed by atoms with Crippen LogP contribution in [0.4, 0.5) is 17.6 Å². The number of alkyl halides is 3. The van der Waals surface area contributed by atoms with Crippen LogP contribution >= 0.6 is 0 Å². The Kier molecular flexibility index (Phi) is 3.69. The third-order valence-electron chi connectivity index (χ3n) is 2.90. The second-order valence-electron chi connectivity index (χ2n) is 4.34. The van der Waals surface area contributed by atoms with E-state index in [1.807, 2.05) is 0 Å². The zero-order valence-corrected chi connectivity index (χ0v) is 10.6. The first-order valence-corrected chi connectivity index (χ1v) is 5.93. The van der Waals surface area contributed by atoms with Gasteiger partial charge in [-0.2, -0.15) is 13.2 Å². The number of hydrogen-bond donors (Lipinski definition) is 0. The molecule has 7 heteroatoms. The molecule has 2 rings (SSSR count). The van der Waals surface area contributed by atoms with Crippen LogP contribution in [0, 0.1) is 5.82 Å². The van der Waals surface area contributed by atoms with Gasteiger partial charge in [0, 0.05) is 18.9 Å². The van der Waals surface area contributed by atoms with Crippen molar-refractivity contribution < 1.29 is 17.6 Å². The summed E-state index contributed by atoms with van der Waals surface area (Å²) in [5, 5.41) is 0. The van der Waals surface area contributed by atoms with E-state index < -0.39 is 17.6 Å². The average Bonchev–Trinajstić information content (AvgIpc) is 2.69. The third-order valence-corrected chi connectivity index (χ3v) is 2.90. The van der Waals surface area contributed by atoms with Crippen LogP contribution in [0.2, 0.25) is 0 Å². The van der Waals surface area contributed by atoms with Crippen LogP contribution in [0.15, 0.2) is 35.4 Å². The molecule has 0 aliphatic rings. The fourth-order valence-corrected chi connectivity index (χ4v) is 1.92. The molecule has 0 bridgehead atoms. The van der Waals surface area contributed by atoms with Gasteiger partial charge >= 0.3 is 11.9 Å². The monoisotopic (exact) mass is 288 g/mol. The predicted octanol–water partition coefficient (Wildman–Crippen LogP) is 2.88. The van der Waals surface area contributed by atoms with Gasteiger partial charge in [-0.3, -0.25) is 9.13 Å². The van der Waals surface area contributed by atoms with Crippen molar-refractivity contribution in [1.29, 1.82) is 0 Å². The second-order valence-corrected chi connectivity index (χ2v) is 4.34. The Balaban J connectivity index is 2.36. The van der Waals surface area contributed by atoms with E-state index in [-0.39, 0.29) is 17.8 Å². The molecule has 0 aliphatic carbocycles. The van der Waals surface area contributed by atoms with Crippen LogP contribution in [-0.2, 0) is 19.3 Å². The molecule has 108 valence electrons. The number of hydrogen-bond acceptors (Lipinski definition) is 1. The maximum atomic E-state index is 13.2. The van der Waals surface area contributed by atoms with Crippen LogP contribution < -0.4 is 5.69 Å². The zero-order valence-electron chi connectivity index (χ0n) is 10.6. The number of halogens is 4. The van der Waals surface area contributed by atoms with Gasteiger partial charge < -0.3 is 0 Å². The molecular formula is C13H12F4N2O. The molecule has 20 heavy (non-hydrogen) atoms. The number of rotatable bonds is 3. The highest BCUT2D eigenvalue weighted by molar-refractivity contribution is 5.27. The SMILES string of the molecule is CCn1ccn(Cc2cc(F)cc(C(F)(F)F)c2)c1=O. The van der Waals surface area contributed by atoms with Gasteiger partial charge in [0.2, 0.25) is 0 Å². The molecule has 0 spiro atoms. The second kappa shape index (κ2) is 5.15. The summed E-state index contributed by atoms with van der Waals surface area (Å²) in [5.41, 5.74) is -1.31. The van der Waals surface area contributed by atoms with Crippen LogP contribution in [0.1, 0.15) is 18.1 Å². The summed E-state index contributed by atoms with van der Waals surface area (Å²) in [7, 11) is 0. The molecule has 0 saturated carbocycles. The van der Waals surface area contributed by atoms with Crippen molar-refractivity contribution >= 4 is 0 Å². The molecule has 0 unspecified atom stereocenters. The summed E-state index contributed by atoms with van der Waals surface area (Å²) in [6, 6.07) is 2.27. The molecule has 0 aliphatic heterocycles. The molecule has 3 nitrogen and oxygen atoms in total. The smallest absolute Gasteiger partial charge is 0.300 e. The summed E-state index contributed by atoms with van der Waals surface area (Å²) in [4.78, 5) is 11.8. The minimum atomic E-state index is -4.61. The van der Waals surface area contributed by atoms with E-state index in [1.165, 1.54) is 21.5 Å². The van der Waals surface area contributed by atoms with Gasteiger partial charge in [-0.15, -0.1) is 0 Å². The van der Waals surface area contributed by atoms with Crippen LogP contribution in [0.3, 0.4) is 0 Å². The number of aromatic nitrogens is 2. The molecule has 0 radical (unpaired) electrons. The van der Waals surface area contributed by atoms with Crippen molar-refractivity contribution in [2.45, 2.75) is 26.2 Å². The molecule has 2 aromatic rings. The summed E-state index contributed by atoms with van der Waals surface area (Å²) in [5.74, 6) is -0.974. The lowest BCUT2D eigenvalue weighted by molar-refractivity contribution is -0.137. The topological polar surface area (TPSA) is 26.9 Å². The number of imidazole rings is 1. The maximum Gasteiger partial charge on any atom is 0.416 e. The summed E-state index contributed by atoms with van der Waals surface area (Å²) >= 11 is 0. The minimum Gasteiger partial charge on any atom is -0.300 e. The molecule has 1 aromatic carbocycles. The quantitative estimate of drug-likeness (QED) is 0.798. The lowest BCUT2D eigenvalue weighted by atomic mass is 10.1. The fourth-order valence-electron chi connectivity index (χ4n) is 1.92. The van der Waals surface area contributed by atoms with Crippen LogP contribution in [-0.4, -0.2) is 9.13 Å². The maximum absolute atomic E-state index is 13.2. The van der Waals surface area contributed by atoms with E-state index >= 15 is 0 Å². The van der Waals surface area contributed by atoms with E-state index in [4.69, 9.17) is 0 Å². The van der Waals surface area contributed by atoms with Crippen molar-refractivity contribution in [3.05, 3.63) is 58.0 Å². The minimum absolute atomic E-state index is 0.0910. The first-order valence-electron chi connectivity index (χ1n) is 5.93. The summed E-state index contributed by atoms with van der Waals surface area (Å²) < 4.78 is 53.6. The van der Waals surface area contributed by atoms with E-state index in [9.17, 15) is 22.4 Å². The van der Waals surface area contributed by atoms with Gasteiger partial charge in [0.05, 0.1) is 12.1 Å². The molecule has 0 fully saturated rings. The molecular weight excluding hydrogens is 276 g/mol. The Morgan fingerprint density at radius 2 is 1.75 bits per heavy atom. The third kappa shape index (κ3) is 2.92. The van der Waals surface area contributed by atoms with Gasteiger partial charge in [0.15, 0.2) is 0 Å². The van der Waals surface area contributed by atoms with Gasteiger partial charge in [0.1, 0.15) is 5.82 Å². The summed E-state index contributed by atoms with van der Waals surface area (Å²) in [6.07, 6.45) is -1.62. The number of benzene rings is 1. The zero-order chi connectivity index (χ0) is 14.9. The van der Waals surface area contributed by atoms with Gasteiger partial charge in [0.25, 0.3) is 0 Å². The highest BCUT2D eigenvalue weighted by Gasteiger charge is 2.31. The lowest BCUT2D eigenvalue weighted by Gasteiger charge is -2.09. The fraction of sp³-hybridized carbons (Fsp3) is 0.308. The van der Waals surface area contributed by atoms with Crippen LogP contribution in [0.25, 0.3) is 0 Å². The van der Waals surface area contributed by atoms with Crippen LogP contribution in [0.5, 0.6) is 0 Å². The molecule has 1 heterocycles. The Hall–Kier alpha value is -2.05. The molecule has 0 atom stereocenters. The first-order chi connectivity index (χ1) is 9.31. The largest absolute Gasteiger partial charge is 0.416 e. The standard InChI is InChI=1S/C13H12F4N2O/c1-2-18-3-4-19(12(18)20)8-9-5-10(13(15,16)17)7-11(14)6-9/h3-7H,2,8H2,1H3. The predicted molar refractivity (Wildman–Crippen MR) is 64.9 cm³/mol. The first kappa shape index (κ1) is 14.4. The van der Waals surface area contributed by atoms with Gasteiger partial charge in [-0.1, -0.05) is 0 Å². The van der Waals surface area contributed by atoms with E-state index in [2.05, 4.69) is 0 Å². The van der Waals surface area contributed by atoms with Crippen molar-refractivity contribution in [3.8, 4) is 0 Å². The van der Waals surface area contributed by atoms with Gasteiger partial charge in [-0.05, 0) is 30.7 Å². The number of aryl methyl sites for hydroxylation is 1. The van der Waals surface area contributed by atoms with Crippen molar-refractivity contribution in [2.24, 2.45) is 0 Å². The van der Waals surface area contributed by atoms with Crippen molar-refractivity contribution in [2.75, 3.05) is 0 Å². The summed E-state index contributed by atoms with van der Waals surface area (Å²) in [6.45, 7) is 2.13. The Morgan fingerprint density at radius 1 is 1.10 bits per heavy atom. The van der Waals surface area contributed by atoms with Crippen molar-refractivity contribution in [1.82, 2.24) is 9.13 Å². The molecule has 1 aromatic heterocycles. The molecule has 0 amide bonds. The van der Waals surface area contributed by atoms with E-state index in [1.54, 1.807) is 6.92 Å². The van der Waals surface area contributed by atoms with Crippen molar-refractivity contribution in [3.63, 3.8) is 0 Å². The Labute approximate surface area is 112 Å². The normalized spacial score (nSPS) is 11.8. The average molecular weight is 288 g/mol. The lowest BCUT2D eigenvalue weighted by Crippen LogP contribution is -2.24. The highest BCUT2D eigenvalue weighted by atomic mass is 19.4.